The standard InChI is InChI=1S/C26H35N8O2S/c1-37(2)8-7-35-18-32-6-3-22-23(29-17-30-25(22)32)19-11-31-34(12-19)26(4-5-27)15-33(16-26)24-20-9-28-10-21(24)14-36-13-20/h3,6,11-12,17,20-21,24,28H,4,7-10,13-16,18H2,1-2H3/q+1. The van der Waals surface area contributed by atoms with Crippen LogP contribution in [0.1, 0.15) is 6.42 Å². The average molecular weight is 524 g/mol. The summed E-state index contributed by atoms with van der Waals surface area (Å²) >= 11 is 0. The fraction of sp³-hybridized carbons (Fsp3) is 0.615. The van der Waals surface area contributed by atoms with E-state index in [1.54, 1.807) is 6.33 Å². The highest BCUT2D eigenvalue weighted by Gasteiger charge is 2.52. The first-order chi connectivity index (χ1) is 18.1. The van der Waals surface area contributed by atoms with Gasteiger partial charge in [0.1, 0.15) is 30.0 Å². The highest BCUT2D eigenvalue weighted by atomic mass is 32.2. The van der Waals surface area contributed by atoms with E-state index >= 15 is 0 Å². The number of hydrogen-bond acceptors (Lipinski definition) is 8. The van der Waals surface area contributed by atoms with Crippen molar-refractivity contribution in [1.29, 1.82) is 5.26 Å². The number of nitrogens with one attached hydrogen (secondary N) is 1. The summed E-state index contributed by atoms with van der Waals surface area (Å²) in [5.74, 6) is 2.08. The monoisotopic (exact) mass is 523 g/mol. The maximum absolute atomic E-state index is 9.70. The van der Waals surface area contributed by atoms with E-state index in [2.05, 4.69) is 45.0 Å². The lowest BCUT2D eigenvalue weighted by Gasteiger charge is -2.57. The number of hydrogen-bond donors (Lipinski definition) is 1. The summed E-state index contributed by atoms with van der Waals surface area (Å²) in [6.45, 7) is 6.52. The van der Waals surface area contributed by atoms with E-state index in [4.69, 9.17) is 14.6 Å². The Bertz CT molecular complexity index is 1260. The van der Waals surface area contributed by atoms with Crippen LogP contribution in [0.3, 0.4) is 0 Å². The normalized spacial score (nSPS) is 25.3. The van der Waals surface area contributed by atoms with Crippen molar-refractivity contribution in [2.24, 2.45) is 11.8 Å². The summed E-state index contributed by atoms with van der Waals surface area (Å²) in [7, 11) is 0.372. The molecule has 2 bridgehead atoms. The maximum Gasteiger partial charge on any atom is 0.145 e. The van der Waals surface area contributed by atoms with E-state index in [0.717, 1.165) is 74.0 Å². The molecule has 3 saturated heterocycles. The van der Waals surface area contributed by atoms with E-state index in [1.165, 1.54) is 0 Å². The maximum atomic E-state index is 9.70. The van der Waals surface area contributed by atoms with Gasteiger partial charge in [-0.2, -0.15) is 10.4 Å². The van der Waals surface area contributed by atoms with Gasteiger partial charge in [-0.1, -0.05) is 0 Å². The highest BCUT2D eigenvalue weighted by Crippen LogP contribution is 2.40. The zero-order valence-electron chi connectivity index (χ0n) is 21.5. The van der Waals surface area contributed by atoms with Crippen molar-refractivity contribution in [3.63, 3.8) is 0 Å². The molecule has 3 aromatic rings. The van der Waals surface area contributed by atoms with E-state index in [-0.39, 0.29) is 5.54 Å². The molecule has 2 unspecified atom stereocenters. The number of aromatic nitrogens is 5. The van der Waals surface area contributed by atoms with E-state index in [9.17, 15) is 5.26 Å². The second kappa shape index (κ2) is 10.3. The van der Waals surface area contributed by atoms with Gasteiger partial charge in [-0.05, 0) is 17.0 Å². The van der Waals surface area contributed by atoms with Gasteiger partial charge in [0.2, 0.25) is 0 Å². The van der Waals surface area contributed by atoms with Crippen molar-refractivity contribution in [1.82, 2.24) is 34.5 Å². The van der Waals surface area contributed by atoms with Gasteiger partial charge < -0.3 is 19.4 Å². The van der Waals surface area contributed by atoms with Crippen molar-refractivity contribution < 1.29 is 9.47 Å². The molecular formula is C26H35N8O2S+. The fourth-order valence-electron chi connectivity index (χ4n) is 6.20. The molecule has 6 heterocycles. The largest absolute Gasteiger partial charge is 0.381 e. The van der Waals surface area contributed by atoms with Crippen molar-refractivity contribution in [2.45, 2.75) is 24.7 Å². The Kier molecular flexibility index (Phi) is 6.94. The Morgan fingerprint density at radius 1 is 1.24 bits per heavy atom. The van der Waals surface area contributed by atoms with Crippen LogP contribution in [0.2, 0.25) is 0 Å². The lowest BCUT2D eigenvalue weighted by molar-refractivity contribution is -0.124. The van der Waals surface area contributed by atoms with Crippen LogP contribution in [0.5, 0.6) is 0 Å². The predicted molar refractivity (Wildman–Crippen MR) is 143 cm³/mol. The van der Waals surface area contributed by atoms with E-state index < -0.39 is 0 Å². The van der Waals surface area contributed by atoms with Crippen molar-refractivity contribution in [3.8, 4) is 17.3 Å². The quantitative estimate of drug-likeness (QED) is 0.331. The third-order valence-corrected chi connectivity index (χ3v) is 9.01. The molecule has 196 valence electrons. The smallest absolute Gasteiger partial charge is 0.145 e. The molecular weight excluding hydrogens is 488 g/mol. The lowest BCUT2D eigenvalue weighted by Crippen LogP contribution is -2.71. The molecule has 10 nitrogen and oxygen atoms in total. The molecule has 11 heteroatoms. The molecule has 37 heavy (non-hydrogen) atoms. The number of fused-ring (bicyclic) bond motifs is 3. The Labute approximate surface area is 220 Å². The number of nitrogens with zero attached hydrogens (tertiary/aromatic N) is 7. The summed E-state index contributed by atoms with van der Waals surface area (Å²) in [4.78, 5) is 11.7. The van der Waals surface area contributed by atoms with Crippen molar-refractivity contribution >= 4 is 21.9 Å². The predicted octanol–water partition coefficient (Wildman–Crippen LogP) is 1.31. The minimum Gasteiger partial charge on any atom is -0.381 e. The highest BCUT2D eigenvalue weighted by molar-refractivity contribution is 7.95. The minimum atomic E-state index is -0.309. The van der Waals surface area contributed by atoms with Crippen LogP contribution in [-0.2, 0) is 32.6 Å². The van der Waals surface area contributed by atoms with Crippen LogP contribution in [0.15, 0.2) is 31.0 Å². The summed E-state index contributed by atoms with van der Waals surface area (Å²) in [5, 5.41) is 19.0. The van der Waals surface area contributed by atoms with Gasteiger partial charge in [0.05, 0.1) is 56.7 Å². The summed E-state index contributed by atoms with van der Waals surface area (Å²) in [6.07, 6.45) is 12.4. The van der Waals surface area contributed by atoms with Gasteiger partial charge in [-0.3, -0.25) is 9.58 Å². The van der Waals surface area contributed by atoms with Crippen molar-refractivity contribution in [2.75, 3.05) is 64.3 Å². The first-order valence-electron chi connectivity index (χ1n) is 12.9. The molecule has 0 aromatic carbocycles. The summed E-state index contributed by atoms with van der Waals surface area (Å²) in [5.41, 5.74) is 2.34. The third kappa shape index (κ3) is 4.66. The second-order valence-electron chi connectivity index (χ2n) is 10.8. The molecule has 3 aliphatic rings. The zero-order valence-corrected chi connectivity index (χ0v) is 22.4. The number of piperidine rings is 1. The van der Waals surface area contributed by atoms with Crippen LogP contribution in [0.25, 0.3) is 22.3 Å². The fourth-order valence-corrected chi connectivity index (χ4v) is 6.65. The molecule has 0 amide bonds. The van der Waals surface area contributed by atoms with Crippen LogP contribution in [0, 0.1) is 23.2 Å². The Balaban J connectivity index is 1.20. The molecule has 0 aliphatic carbocycles. The first kappa shape index (κ1) is 24.8. The van der Waals surface area contributed by atoms with Crippen LogP contribution in [0.4, 0.5) is 0 Å². The van der Waals surface area contributed by atoms with Gasteiger partial charge in [-0.15, -0.1) is 0 Å². The molecule has 0 radical (unpaired) electrons. The zero-order chi connectivity index (χ0) is 25.4. The van der Waals surface area contributed by atoms with Gasteiger partial charge in [0.15, 0.2) is 0 Å². The molecule has 3 aromatic heterocycles. The Morgan fingerprint density at radius 3 is 2.81 bits per heavy atom. The average Bonchev–Trinajstić information content (AvgIpc) is 3.51. The number of ether oxygens (including phenoxy) is 2. The van der Waals surface area contributed by atoms with Crippen LogP contribution < -0.4 is 5.32 Å². The number of rotatable bonds is 9. The molecule has 0 spiro atoms. The Hall–Kier alpha value is -2.49. The molecule has 6 rings (SSSR count). The summed E-state index contributed by atoms with van der Waals surface area (Å²) in [6, 6.07) is 4.99. The van der Waals surface area contributed by atoms with Gasteiger partial charge >= 0.3 is 0 Å². The third-order valence-electron chi connectivity index (χ3n) is 8.03. The van der Waals surface area contributed by atoms with Crippen molar-refractivity contribution in [3.05, 3.63) is 31.0 Å². The number of nitriles is 1. The SMILES string of the molecule is C[S+](C)CCOCn1ccc2c(-c3cnn(C4(CC#N)CN(C5C6CNCC5COC6)C4)c3)ncnc21. The molecule has 1 N–H and O–H groups in total. The molecule has 3 aliphatic heterocycles. The van der Waals surface area contributed by atoms with E-state index in [1.807, 2.05) is 27.7 Å². The minimum absolute atomic E-state index is 0.309. The molecule has 3 fully saturated rings. The van der Waals surface area contributed by atoms with Gasteiger partial charge in [-0.25, -0.2) is 9.97 Å². The van der Waals surface area contributed by atoms with Gasteiger partial charge in [0.25, 0.3) is 0 Å². The topological polar surface area (TPSA) is 106 Å². The molecule has 2 atom stereocenters. The lowest BCUT2D eigenvalue weighted by atomic mass is 9.76. The first-order valence-corrected chi connectivity index (χ1v) is 15.2. The number of likely N-dealkylation sites (tertiary alicyclic amines) is 1. The molecule has 0 saturated carbocycles. The van der Waals surface area contributed by atoms with Crippen LogP contribution in [-0.4, -0.2) is 99.5 Å². The Morgan fingerprint density at radius 2 is 2.05 bits per heavy atom. The van der Waals surface area contributed by atoms with E-state index in [0.29, 0.717) is 41.9 Å². The summed E-state index contributed by atoms with van der Waals surface area (Å²) < 4.78 is 15.7. The van der Waals surface area contributed by atoms with Crippen LogP contribution >= 0.6 is 0 Å². The second-order valence-corrected chi connectivity index (χ2v) is 13.2. The van der Waals surface area contributed by atoms with Gasteiger partial charge in [0, 0.05) is 67.4 Å².